The highest BCUT2D eigenvalue weighted by Gasteiger charge is 2.17. The van der Waals surface area contributed by atoms with Crippen molar-refractivity contribution in [3.63, 3.8) is 0 Å². The van der Waals surface area contributed by atoms with Gasteiger partial charge in [0.25, 0.3) is 0 Å². The number of nitrogens with zero attached hydrogens (tertiary/aromatic N) is 2. The zero-order chi connectivity index (χ0) is 17.5. The summed E-state index contributed by atoms with van der Waals surface area (Å²) < 4.78 is 1.21. The SMILES string of the molecule is OCc1ccc2[nH]c(-c3n[nH]c4cc(CN5CCCCC5)sc34)cc2c1. The van der Waals surface area contributed by atoms with Crippen molar-refractivity contribution in [1.29, 1.82) is 0 Å². The third-order valence-corrected chi connectivity index (χ3v) is 6.36. The van der Waals surface area contributed by atoms with Crippen molar-refractivity contribution in [2.75, 3.05) is 13.1 Å². The summed E-state index contributed by atoms with van der Waals surface area (Å²) >= 11 is 1.84. The first-order valence-corrected chi connectivity index (χ1v) is 10.0. The Morgan fingerprint density at radius 1 is 1.08 bits per heavy atom. The van der Waals surface area contributed by atoms with Gasteiger partial charge in [0.15, 0.2) is 0 Å². The standard InChI is InChI=1S/C20H22N4OS/c25-12-13-4-5-16-14(8-13)9-17(21-16)19-20-18(22-23-19)10-15(26-20)11-24-6-2-1-3-7-24/h4-5,8-10,21,25H,1-3,6-7,11-12H2,(H,22,23). The second kappa shape index (κ2) is 6.54. The monoisotopic (exact) mass is 366 g/mol. The van der Waals surface area contributed by atoms with Crippen molar-refractivity contribution >= 4 is 32.5 Å². The molecular weight excluding hydrogens is 344 g/mol. The number of aromatic nitrogens is 3. The Kier molecular flexibility index (Phi) is 4.04. The summed E-state index contributed by atoms with van der Waals surface area (Å²) in [5.74, 6) is 0. The lowest BCUT2D eigenvalue weighted by Gasteiger charge is -2.25. The van der Waals surface area contributed by atoms with E-state index in [2.05, 4.69) is 32.2 Å². The van der Waals surface area contributed by atoms with Gasteiger partial charge in [-0.2, -0.15) is 5.10 Å². The molecule has 5 nitrogen and oxygen atoms in total. The van der Waals surface area contributed by atoms with Gasteiger partial charge in [-0.15, -0.1) is 11.3 Å². The van der Waals surface area contributed by atoms with Crippen LogP contribution in [0.25, 0.3) is 32.5 Å². The van der Waals surface area contributed by atoms with Crippen LogP contribution in [-0.2, 0) is 13.2 Å². The molecule has 1 saturated heterocycles. The highest BCUT2D eigenvalue weighted by molar-refractivity contribution is 7.19. The second-order valence-electron chi connectivity index (χ2n) is 7.13. The number of likely N-dealkylation sites (tertiary alicyclic amines) is 1. The van der Waals surface area contributed by atoms with Gasteiger partial charge in [-0.25, -0.2) is 0 Å². The molecule has 3 aromatic heterocycles. The smallest absolute Gasteiger partial charge is 0.126 e. The van der Waals surface area contributed by atoms with Gasteiger partial charge in [-0.05, 0) is 55.8 Å². The number of H-pyrrole nitrogens is 2. The molecule has 0 amide bonds. The van der Waals surface area contributed by atoms with E-state index in [1.807, 2.05) is 29.5 Å². The van der Waals surface area contributed by atoms with Crippen LogP contribution in [-0.4, -0.2) is 38.3 Å². The van der Waals surface area contributed by atoms with E-state index in [1.165, 1.54) is 41.9 Å². The number of fused-ring (bicyclic) bond motifs is 2. The van der Waals surface area contributed by atoms with E-state index in [1.54, 1.807) is 0 Å². The molecule has 134 valence electrons. The Bertz CT molecular complexity index is 1050. The number of aromatic amines is 2. The number of nitrogens with one attached hydrogen (secondary N) is 2. The number of benzene rings is 1. The highest BCUT2D eigenvalue weighted by atomic mass is 32.1. The van der Waals surface area contributed by atoms with E-state index in [-0.39, 0.29) is 6.61 Å². The van der Waals surface area contributed by atoms with E-state index < -0.39 is 0 Å². The van der Waals surface area contributed by atoms with Crippen molar-refractivity contribution in [2.24, 2.45) is 0 Å². The maximum absolute atomic E-state index is 9.34. The number of hydrogen-bond acceptors (Lipinski definition) is 4. The third kappa shape index (κ3) is 2.84. The van der Waals surface area contributed by atoms with Crippen LogP contribution in [0.15, 0.2) is 30.3 Å². The normalized spacial score (nSPS) is 16.0. The molecule has 4 heterocycles. The summed E-state index contributed by atoms with van der Waals surface area (Å²) in [6.07, 6.45) is 4.01. The molecule has 0 bridgehead atoms. The molecule has 0 saturated carbocycles. The van der Waals surface area contributed by atoms with Crippen LogP contribution in [0.2, 0.25) is 0 Å². The van der Waals surface area contributed by atoms with E-state index in [9.17, 15) is 5.11 Å². The van der Waals surface area contributed by atoms with Crippen LogP contribution in [0.1, 0.15) is 29.7 Å². The molecular formula is C20H22N4OS. The summed E-state index contributed by atoms with van der Waals surface area (Å²) in [5.41, 5.74) is 5.12. The molecule has 4 aromatic rings. The molecule has 0 radical (unpaired) electrons. The Morgan fingerprint density at radius 3 is 2.81 bits per heavy atom. The van der Waals surface area contributed by atoms with Gasteiger partial charge >= 0.3 is 0 Å². The van der Waals surface area contributed by atoms with Crippen molar-refractivity contribution < 1.29 is 5.11 Å². The molecule has 6 heteroatoms. The third-order valence-electron chi connectivity index (χ3n) is 5.24. The average Bonchev–Trinajstić information content (AvgIpc) is 3.35. The largest absolute Gasteiger partial charge is 0.392 e. The number of hydrogen-bond donors (Lipinski definition) is 3. The van der Waals surface area contributed by atoms with Gasteiger partial charge in [0, 0.05) is 22.3 Å². The Balaban J connectivity index is 1.48. The predicted octanol–water partition coefficient (Wildman–Crippen LogP) is 4.25. The summed E-state index contributed by atoms with van der Waals surface area (Å²) in [6, 6.07) is 10.4. The molecule has 1 aliphatic rings. The Labute approximate surface area is 155 Å². The number of piperidine rings is 1. The quantitative estimate of drug-likeness (QED) is 0.506. The van der Waals surface area contributed by atoms with E-state index in [0.717, 1.165) is 39.9 Å². The molecule has 1 aromatic carbocycles. The lowest BCUT2D eigenvalue weighted by molar-refractivity contribution is 0.223. The van der Waals surface area contributed by atoms with Gasteiger partial charge < -0.3 is 10.1 Å². The first-order valence-electron chi connectivity index (χ1n) is 9.22. The van der Waals surface area contributed by atoms with Crippen LogP contribution in [0.4, 0.5) is 0 Å². The zero-order valence-electron chi connectivity index (χ0n) is 14.6. The fourth-order valence-corrected chi connectivity index (χ4v) is 5.03. The minimum Gasteiger partial charge on any atom is -0.392 e. The summed E-state index contributed by atoms with van der Waals surface area (Å²) in [7, 11) is 0. The average molecular weight is 366 g/mol. The van der Waals surface area contributed by atoms with E-state index >= 15 is 0 Å². The van der Waals surface area contributed by atoms with Crippen molar-refractivity contribution in [1.82, 2.24) is 20.1 Å². The van der Waals surface area contributed by atoms with Crippen molar-refractivity contribution in [3.8, 4) is 11.4 Å². The molecule has 0 atom stereocenters. The fourth-order valence-electron chi connectivity index (χ4n) is 3.87. The maximum Gasteiger partial charge on any atom is 0.126 e. The van der Waals surface area contributed by atoms with Crippen LogP contribution in [0.3, 0.4) is 0 Å². The van der Waals surface area contributed by atoms with Gasteiger partial charge in [0.1, 0.15) is 5.69 Å². The zero-order valence-corrected chi connectivity index (χ0v) is 15.4. The van der Waals surface area contributed by atoms with E-state index in [0.29, 0.717) is 0 Å². The molecule has 1 aliphatic heterocycles. The van der Waals surface area contributed by atoms with Gasteiger partial charge in [0.2, 0.25) is 0 Å². The summed E-state index contributed by atoms with van der Waals surface area (Å²) in [6.45, 7) is 3.53. The van der Waals surface area contributed by atoms with Crippen LogP contribution in [0, 0.1) is 0 Å². The molecule has 5 rings (SSSR count). The number of rotatable bonds is 4. The molecule has 26 heavy (non-hydrogen) atoms. The van der Waals surface area contributed by atoms with Crippen molar-refractivity contribution in [2.45, 2.75) is 32.4 Å². The maximum atomic E-state index is 9.34. The topological polar surface area (TPSA) is 67.9 Å². The second-order valence-corrected chi connectivity index (χ2v) is 8.26. The van der Waals surface area contributed by atoms with Gasteiger partial charge in [-0.1, -0.05) is 12.5 Å². The number of aliphatic hydroxyl groups is 1. The fraction of sp³-hybridized carbons (Fsp3) is 0.350. The molecule has 0 aliphatic carbocycles. The van der Waals surface area contributed by atoms with Gasteiger partial charge in [0.05, 0.1) is 22.5 Å². The molecule has 3 N–H and O–H groups in total. The Morgan fingerprint density at radius 2 is 1.96 bits per heavy atom. The number of thiophene rings is 1. The van der Waals surface area contributed by atoms with Crippen LogP contribution < -0.4 is 0 Å². The predicted molar refractivity (Wildman–Crippen MR) is 106 cm³/mol. The molecule has 1 fully saturated rings. The lowest BCUT2D eigenvalue weighted by Crippen LogP contribution is -2.28. The summed E-state index contributed by atoms with van der Waals surface area (Å²) in [5, 5.41) is 18.2. The van der Waals surface area contributed by atoms with E-state index in [4.69, 9.17) is 0 Å². The lowest BCUT2D eigenvalue weighted by atomic mass is 10.1. The van der Waals surface area contributed by atoms with Crippen LogP contribution >= 0.6 is 11.3 Å². The Hall–Kier alpha value is -2.15. The highest BCUT2D eigenvalue weighted by Crippen LogP contribution is 2.35. The first-order chi connectivity index (χ1) is 12.8. The minimum atomic E-state index is 0.0634. The molecule has 0 spiro atoms. The van der Waals surface area contributed by atoms with Gasteiger partial charge in [-0.3, -0.25) is 10.00 Å². The molecule has 0 unspecified atom stereocenters. The summed E-state index contributed by atoms with van der Waals surface area (Å²) in [4.78, 5) is 7.42. The van der Waals surface area contributed by atoms with Crippen LogP contribution in [0.5, 0.6) is 0 Å². The first kappa shape index (κ1) is 16.1. The van der Waals surface area contributed by atoms with Crippen molar-refractivity contribution in [3.05, 3.63) is 40.8 Å². The minimum absolute atomic E-state index is 0.0634. The number of aliphatic hydroxyl groups excluding tert-OH is 1.